The molecule has 6 heteroatoms. The molecule has 6 nitrogen and oxygen atoms in total. The second kappa shape index (κ2) is 17.4. The smallest absolute Gasteiger partial charge is 0.167 e. The normalized spacial score (nSPS) is 11.0. The van der Waals surface area contributed by atoms with Gasteiger partial charge < -0.3 is 14.2 Å². The Morgan fingerprint density at radius 1 is 0.591 bits per heavy atom. The zero-order valence-corrected chi connectivity index (χ0v) is 27.3. The van der Waals surface area contributed by atoms with Crippen molar-refractivity contribution in [2.75, 3.05) is 20.3 Å². The van der Waals surface area contributed by atoms with Gasteiger partial charge in [-0.1, -0.05) is 121 Å². The number of hydrogen-bond donors (Lipinski definition) is 0. The summed E-state index contributed by atoms with van der Waals surface area (Å²) in [5.74, 6) is 2.45. The van der Waals surface area contributed by atoms with Gasteiger partial charge in [-0.15, -0.1) is 10.2 Å². The zero-order chi connectivity index (χ0) is 31.1. The maximum absolute atomic E-state index is 6.67. The fourth-order valence-electron chi connectivity index (χ4n) is 5.74. The third-order valence-corrected chi connectivity index (χ3v) is 8.15. The number of hydrogen-bond acceptors (Lipinski definition) is 6. The molecule has 0 bridgehead atoms. The van der Waals surface area contributed by atoms with E-state index >= 15 is 0 Å². The SMILES string of the molecule is CCCCCCOc1c(CC)cccc1-c1cccc(-c2nnncc2OC)c1-c1cccc(CC)c1OCCCCCC. The molecule has 0 saturated heterocycles. The molecule has 0 N–H and O–H groups in total. The number of aromatic nitrogens is 3. The average Bonchev–Trinajstić information content (AvgIpc) is 3.07. The third-order valence-electron chi connectivity index (χ3n) is 8.15. The average molecular weight is 596 g/mol. The molecule has 4 rings (SSSR count). The van der Waals surface area contributed by atoms with Crippen molar-refractivity contribution in [1.82, 2.24) is 15.4 Å². The summed E-state index contributed by atoms with van der Waals surface area (Å²) in [5, 5.41) is 12.5. The molecule has 1 aromatic heterocycles. The van der Waals surface area contributed by atoms with Crippen LogP contribution in [0.2, 0.25) is 0 Å². The Kier molecular flexibility index (Phi) is 13.0. The van der Waals surface area contributed by atoms with Crippen LogP contribution in [0.25, 0.3) is 33.5 Å². The number of ether oxygens (including phenoxy) is 3. The number of para-hydroxylation sites is 2. The van der Waals surface area contributed by atoms with Crippen molar-refractivity contribution in [2.24, 2.45) is 0 Å². The molecule has 1 heterocycles. The summed E-state index contributed by atoms with van der Waals surface area (Å²) in [7, 11) is 1.64. The van der Waals surface area contributed by atoms with Crippen LogP contribution in [0.4, 0.5) is 0 Å². The molecule has 0 unspecified atom stereocenters. The fraction of sp³-hybridized carbons (Fsp3) is 0.447. The van der Waals surface area contributed by atoms with E-state index in [1.165, 1.54) is 43.2 Å². The lowest BCUT2D eigenvalue weighted by molar-refractivity contribution is 0.303. The zero-order valence-electron chi connectivity index (χ0n) is 27.3. The first-order valence-electron chi connectivity index (χ1n) is 16.5. The molecule has 0 radical (unpaired) electrons. The first kappa shape index (κ1) is 33.0. The molecule has 3 aromatic carbocycles. The van der Waals surface area contributed by atoms with Crippen LogP contribution in [0.3, 0.4) is 0 Å². The van der Waals surface area contributed by atoms with E-state index in [0.29, 0.717) is 24.7 Å². The number of methoxy groups -OCH3 is 1. The fourth-order valence-corrected chi connectivity index (χ4v) is 5.74. The Balaban J connectivity index is 1.95. The highest BCUT2D eigenvalue weighted by atomic mass is 16.5. The Morgan fingerprint density at radius 2 is 1.14 bits per heavy atom. The lowest BCUT2D eigenvalue weighted by Crippen LogP contribution is -2.05. The number of unbranched alkanes of at least 4 members (excludes halogenated alkanes) is 6. The van der Waals surface area contributed by atoms with Gasteiger partial charge in [-0.05, 0) is 47.6 Å². The van der Waals surface area contributed by atoms with Crippen LogP contribution in [0.1, 0.15) is 90.2 Å². The monoisotopic (exact) mass is 595 g/mol. The lowest BCUT2D eigenvalue weighted by Gasteiger charge is -2.23. The van der Waals surface area contributed by atoms with Crippen molar-refractivity contribution in [3.05, 3.63) is 71.9 Å². The molecule has 234 valence electrons. The molecule has 4 aromatic rings. The van der Waals surface area contributed by atoms with E-state index in [1.54, 1.807) is 13.3 Å². The second-order valence-electron chi connectivity index (χ2n) is 11.2. The van der Waals surface area contributed by atoms with Crippen LogP contribution in [0.5, 0.6) is 17.2 Å². The predicted molar refractivity (Wildman–Crippen MR) is 181 cm³/mol. The minimum Gasteiger partial charge on any atom is -0.493 e. The van der Waals surface area contributed by atoms with Gasteiger partial charge in [0.2, 0.25) is 0 Å². The molecule has 44 heavy (non-hydrogen) atoms. The van der Waals surface area contributed by atoms with Crippen molar-refractivity contribution in [2.45, 2.75) is 91.9 Å². The molecule has 0 aliphatic heterocycles. The summed E-state index contributed by atoms with van der Waals surface area (Å²) in [6, 6.07) is 19.3. The van der Waals surface area contributed by atoms with Crippen LogP contribution in [0.15, 0.2) is 60.8 Å². The van der Waals surface area contributed by atoms with E-state index in [9.17, 15) is 0 Å². The molecule has 0 aliphatic carbocycles. The van der Waals surface area contributed by atoms with Crippen LogP contribution in [-0.2, 0) is 12.8 Å². The highest BCUT2D eigenvalue weighted by Crippen LogP contribution is 2.48. The first-order valence-corrected chi connectivity index (χ1v) is 16.5. The van der Waals surface area contributed by atoms with Gasteiger partial charge in [-0.25, -0.2) is 0 Å². The van der Waals surface area contributed by atoms with Crippen LogP contribution in [0, 0.1) is 0 Å². The highest BCUT2D eigenvalue weighted by Gasteiger charge is 2.24. The minimum absolute atomic E-state index is 0.571. The summed E-state index contributed by atoms with van der Waals surface area (Å²) in [6.45, 7) is 10.2. The topological polar surface area (TPSA) is 66.4 Å². The van der Waals surface area contributed by atoms with Crippen LogP contribution >= 0.6 is 0 Å². The Morgan fingerprint density at radius 3 is 1.73 bits per heavy atom. The Bertz CT molecular complexity index is 1470. The van der Waals surface area contributed by atoms with E-state index in [1.807, 2.05) is 0 Å². The first-order chi connectivity index (χ1) is 21.7. The van der Waals surface area contributed by atoms with Crippen LogP contribution < -0.4 is 14.2 Å². The van der Waals surface area contributed by atoms with E-state index in [4.69, 9.17) is 14.2 Å². The van der Waals surface area contributed by atoms with Crippen molar-refractivity contribution >= 4 is 0 Å². The van der Waals surface area contributed by atoms with Crippen molar-refractivity contribution in [3.63, 3.8) is 0 Å². The summed E-state index contributed by atoms with van der Waals surface area (Å²) in [6.07, 6.45) is 12.6. The van der Waals surface area contributed by atoms with Crippen molar-refractivity contribution < 1.29 is 14.2 Å². The molecule has 0 amide bonds. The van der Waals surface area contributed by atoms with Gasteiger partial charge in [-0.2, -0.15) is 0 Å². The van der Waals surface area contributed by atoms with E-state index in [2.05, 4.69) is 97.7 Å². The molecule has 0 spiro atoms. The third kappa shape index (κ3) is 7.96. The minimum atomic E-state index is 0.571. The molecule has 0 saturated carbocycles. The van der Waals surface area contributed by atoms with Gasteiger partial charge in [0.05, 0.1) is 26.5 Å². The number of rotatable bonds is 18. The molecule has 0 fully saturated rings. The lowest BCUT2D eigenvalue weighted by atomic mass is 9.86. The van der Waals surface area contributed by atoms with Crippen LogP contribution in [-0.4, -0.2) is 35.7 Å². The Hall–Kier alpha value is -3.93. The molecular formula is C38H49N3O3. The van der Waals surface area contributed by atoms with Crippen molar-refractivity contribution in [1.29, 1.82) is 0 Å². The standard InChI is InChI=1S/C38H49N3O3/c1-6-10-12-14-25-43-37-28(8-3)19-16-22-31(37)30-21-18-23-32(36-34(42-5)27-39-41-40-36)35(30)33-24-17-20-29(9-4)38(33)44-26-15-13-11-7-2/h16-24,27H,6-15,25-26H2,1-5H3. The van der Waals surface area contributed by atoms with E-state index < -0.39 is 0 Å². The number of nitrogens with zero attached hydrogens (tertiary/aromatic N) is 3. The largest absolute Gasteiger partial charge is 0.493 e. The summed E-state index contributed by atoms with van der Waals surface area (Å²) >= 11 is 0. The Labute approximate surface area is 264 Å². The second-order valence-corrected chi connectivity index (χ2v) is 11.2. The maximum Gasteiger partial charge on any atom is 0.167 e. The highest BCUT2D eigenvalue weighted by molar-refractivity contribution is 5.98. The summed E-state index contributed by atoms with van der Waals surface area (Å²) < 4.78 is 19.0. The summed E-state index contributed by atoms with van der Waals surface area (Å²) in [4.78, 5) is 0. The van der Waals surface area contributed by atoms with Gasteiger partial charge in [0.25, 0.3) is 0 Å². The van der Waals surface area contributed by atoms with Gasteiger partial charge >= 0.3 is 0 Å². The van der Waals surface area contributed by atoms with E-state index in [-0.39, 0.29) is 0 Å². The maximum atomic E-state index is 6.67. The van der Waals surface area contributed by atoms with Gasteiger partial charge in [0.1, 0.15) is 17.2 Å². The summed E-state index contributed by atoms with van der Waals surface area (Å²) in [5.41, 5.74) is 8.11. The predicted octanol–water partition coefficient (Wildman–Crippen LogP) is 9.92. The molecular weight excluding hydrogens is 546 g/mol. The number of aryl methyl sites for hydroxylation is 2. The van der Waals surface area contributed by atoms with Gasteiger partial charge in [-0.3, -0.25) is 0 Å². The molecule has 0 aliphatic rings. The quantitative estimate of drug-likeness (QED) is 0.107. The van der Waals surface area contributed by atoms with Gasteiger partial charge in [0.15, 0.2) is 5.75 Å². The number of benzene rings is 3. The van der Waals surface area contributed by atoms with E-state index in [0.717, 1.165) is 71.4 Å². The molecule has 0 atom stereocenters. The van der Waals surface area contributed by atoms with Gasteiger partial charge in [0, 0.05) is 22.3 Å². The van der Waals surface area contributed by atoms with Crippen molar-refractivity contribution in [3.8, 4) is 50.8 Å².